The van der Waals surface area contributed by atoms with Gasteiger partial charge in [0.05, 0.1) is 11.1 Å². The van der Waals surface area contributed by atoms with E-state index in [1.54, 1.807) is 18.2 Å². The van der Waals surface area contributed by atoms with E-state index in [1.165, 1.54) is 28.8 Å². The molecule has 0 N–H and O–H groups in total. The molecule has 0 saturated heterocycles. The van der Waals surface area contributed by atoms with E-state index in [2.05, 4.69) is 0 Å². The molecule has 0 spiro atoms. The molecule has 1 aromatic heterocycles. The van der Waals surface area contributed by atoms with Crippen LogP contribution in [0.1, 0.15) is 22.8 Å². The third kappa shape index (κ3) is 2.16. The summed E-state index contributed by atoms with van der Waals surface area (Å²) < 4.78 is 20.2. The Morgan fingerprint density at radius 3 is 2.71 bits per heavy atom. The fraction of sp³-hybridized carbons (Fsp3) is 0.125. The van der Waals surface area contributed by atoms with Crippen molar-refractivity contribution in [3.05, 3.63) is 70.0 Å². The molecule has 0 unspecified atom stereocenters. The van der Waals surface area contributed by atoms with E-state index >= 15 is 0 Å². The van der Waals surface area contributed by atoms with Gasteiger partial charge in [0.25, 0.3) is 0 Å². The van der Waals surface area contributed by atoms with E-state index < -0.39 is 17.4 Å². The number of hydrogen-bond donors (Lipinski definition) is 0. The first-order valence-corrected chi connectivity index (χ1v) is 6.54. The zero-order valence-electron chi connectivity index (χ0n) is 11.3. The topological polar surface area (TPSA) is 52.2 Å². The third-order valence-corrected chi connectivity index (χ3v) is 3.37. The smallest absolute Gasteiger partial charge is 0.408 e. The van der Waals surface area contributed by atoms with Crippen LogP contribution < -0.4 is 5.76 Å². The molecule has 0 aliphatic carbocycles. The number of rotatable bonds is 3. The summed E-state index contributed by atoms with van der Waals surface area (Å²) in [5.41, 5.74) is 1.22. The second-order valence-corrected chi connectivity index (χ2v) is 4.60. The minimum atomic E-state index is -0.574. The highest BCUT2D eigenvalue weighted by Crippen LogP contribution is 2.19. The molecule has 1 heterocycles. The second kappa shape index (κ2) is 5.01. The summed E-state index contributed by atoms with van der Waals surface area (Å²) in [5, 5.41) is 0. The number of ketones is 1. The molecular weight excluding hydrogens is 273 g/mol. The summed E-state index contributed by atoms with van der Waals surface area (Å²) in [6, 6.07) is 10.5. The SMILES string of the molecule is CCn1c(=O)oc2cc(C(=O)c3ccccc3F)ccc21. The predicted octanol–water partition coefficient (Wildman–Crippen LogP) is 2.98. The first kappa shape index (κ1) is 13.3. The van der Waals surface area contributed by atoms with Crippen molar-refractivity contribution >= 4 is 16.9 Å². The van der Waals surface area contributed by atoms with Crippen LogP contribution in [0.3, 0.4) is 0 Å². The number of aryl methyl sites for hydroxylation is 1. The van der Waals surface area contributed by atoms with Crippen LogP contribution in [0.5, 0.6) is 0 Å². The molecule has 0 aliphatic heterocycles. The van der Waals surface area contributed by atoms with Crippen LogP contribution in [0.25, 0.3) is 11.1 Å². The number of hydrogen-bond acceptors (Lipinski definition) is 3. The van der Waals surface area contributed by atoms with Gasteiger partial charge in [-0.3, -0.25) is 9.36 Å². The van der Waals surface area contributed by atoms with Gasteiger partial charge in [-0.1, -0.05) is 12.1 Å². The Hall–Kier alpha value is -2.69. The lowest BCUT2D eigenvalue weighted by Gasteiger charge is -2.03. The number of fused-ring (bicyclic) bond motifs is 1. The number of oxazole rings is 1. The lowest BCUT2D eigenvalue weighted by molar-refractivity contribution is 0.103. The Morgan fingerprint density at radius 2 is 2.00 bits per heavy atom. The van der Waals surface area contributed by atoms with E-state index in [4.69, 9.17) is 4.42 Å². The van der Waals surface area contributed by atoms with Crippen LogP contribution in [0.2, 0.25) is 0 Å². The van der Waals surface area contributed by atoms with Gasteiger partial charge in [0.1, 0.15) is 5.82 Å². The van der Waals surface area contributed by atoms with Gasteiger partial charge in [-0.05, 0) is 37.3 Å². The molecule has 3 rings (SSSR count). The molecule has 4 nitrogen and oxygen atoms in total. The van der Waals surface area contributed by atoms with Crippen molar-refractivity contribution in [2.24, 2.45) is 0 Å². The number of carbonyl (C=O) groups is 1. The van der Waals surface area contributed by atoms with Gasteiger partial charge < -0.3 is 4.42 Å². The largest absolute Gasteiger partial charge is 0.419 e. The second-order valence-electron chi connectivity index (χ2n) is 4.60. The standard InChI is InChI=1S/C16H12FNO3/c1-2-18-13-8-7-10(9-14(13)21-16(18)20)15(19)11-5-3-4-6-12(11)17/h3-9H,2H2,1H3. The van der Waals surface area contributed by atoms with Crippen LogP contribution in [0.15, 0.2) is 51.7 Å². The minimum absolute atomic E-state index is 0.00544. The maximum atomic E-state index is 13.7. The number of benzene rings is 2. The van der Waals surface area contributed by atoms with Crippen LogP contribution in [-0.4, -0.2) is 10.4 Å². The summed E-state index contributed by atoms with van der Waals surface area (Å²) in [6.07, 6.45) is 0. The third-order valence-electron chi connectivity index (χ3n) is 3.37. The van der Waals surface area contributed by atoms with Crippen molar-refractivity contribution in [3.63, 3.8) is 0 Å². The highest BCUT2D eigenvalue weighted by molar-refractivity contribution is 6.10. The quantitative estimate of drug-likeness (QED) is 0.695. The fourth-order valence-electron chi connectivity index (χ4n) is 2.31. The predicted molar refractivity (Wildman–Crippen MR) is 76.0 cm³/mol. The zero-order chi connectivity index (χ0) is 15.0. The van der Waals surface area contributed by atoms with Gasteiger partial charge in [0.2, 0.25) is 0 Å². The summed E-state index contributed by atoms with van der Waals surface area (Å²) in [5.74, 6) is -1.49. The highest BCUT2D eigenvalue weighted by Gasteiger charge is 2.16. The first-order valence-electron chi connectivity index (χ1n) is 6.54. The number of halogens is 1. The Balaban J connectivity index is 2.12. The molecule has 0 bridgehead atoms. The average molecular weight is 285 g/mol. The van der Waals surface area contributed by atoms with Gasteiger partial charge in [0, 0.05) is 12.1 Å². The van der Waals surface area contributed by atoms with Crippen molar-refractivity contribution in [3.8, 4) is 0 Å². The Kier molecular flexibility index (Phi) is 3.17. The normalized spacial score (nSPS) is 11.0. The van der Waals surface area contributed by atoms with Gasteiger partial charge in [-0.25, -0.2) is 9.18 Å². The molecule has 106 valence electrons. The highest BCUT2D eigenvalue weighted by atomic mass is 19.1. The molecule has 0 radical (unpaired) electrons. The Morgan fingerprint density at radius 1 is 1.24 bits per heavy atom. The van der Waals surface area contributed by atoms with E-state index in [0.717, 1.165) is 0 Å². The molecular formula is C16H12FNO3. The van der Waals surface area contributed by atoms with Crippen LogP contribution in [0.4, 0.5) is 4.39 Å². The van der Waals surface area contributed by atoms with Crippen LogP contribution in [0, 0.1) is 5.82 Å². The fourth-order valence-corrected chi connectivity index (χ4v) is 2.31. The first-order chi connectivity index (χ1) is 10.1. The average Bonchev–Trinajstić information content (AvgIpc) is 2.81. The molecule has 21 heavy (non-hydrogen) atoms. The molecule has 2 aromatic carbocycles. The summed E-state index contributed by atoms with van der Waals surface area (Å²) in [6.45, 7) is 2.31. The molecule has 0 aliphatic rings. The van der Waals surface area contributed by atoms with Gasteiger partial charge in [-0.15, -0.1) is 0 Å². The van der Waals surface area contributed by atoms with E-state index in [0.29, 0.717) is 17.6 Å². The van der Waals surface area contributed by atoms with Crippen molar-refractivity contribution < 1.29 is 13.6 Å². The van der Waals surface area contributed by atoms with Gasteiger partial charge in [-0.2, -0.15) is 0 Å². The van der Waals surface area contributed by atoms with Crippen molar-refractivity contribution in [1.82, 2.24) is 4.57 Å². The molecule has 3 aromatic rings. The molecule has 0 saturated carbocycles. The van der Waals surface area contributed by atoms with Gasteiger partial charge >= 0.3 is 5.76 Å². The Bertz CT molecular complexity index is 892. The summed E-state index contributed by atoms with van der Waals surface area (Å²) in [7, 11) is 0. The van der Waals surface area contributed by atoms with Crippen molar-refractivity contribution in [2.75, 3.05) is 0 Å². The maximum absolute atomic E-state index is 13.7. The lowest BCUT2D eigenvalue weighted by Crippen LogP contribution is -2.12. The van der Waals surface area contributed by atoms with Gasteiger partial charge in [0.15, 0.2) is 11.4 Å². The molecule has 0 atom stereocenters. The van der Waals surface area contributed by atoms with E-state index in [-0.39, 0.29) is 11.1 Å². The number of aromatic nitrogens is 1. The van der Waals surface area contributed by atoms with Crippen molar-refractivity contribution in [2.45, 2.75) is 13.5 Å². The summed E-state index contributed by atoms with van der Waals surface area (Å²) >= 11 is 0. The Labute approximate surface area is 119 Å². The van der Waals surface area contributed by atoms with E-state index in [1.807, 2.05) is 6.92 Å². The van der Waals surface area contributed by atoms with Crippen molar-refractivity contribution in [1.29, 1.82) is 0 Å². The number of carbonyl (C=O) groups excluding carboxylic acids is 1. The monoisotopic (exact) mass is 285 g/mol. The van der Waals surface area contributed by atoms with E-state index in [9.17, 15) is 14.0 Å². The zero-order valence-corrected chi connectivity index (χ0v) is 11.3. The molecule has 0 amide bonds. The summed E-state index contributed by atoms with van der Waals surface area (Å²) in [4.78, 5) is 23.9. The number of nitrogens with zero attached hydrogens (tertiary/aromatic N) is 1. The lowest BCUT2D eigenvalue weighted by atomic mass is 10.0. The van der Waals surface area contributed by atoms with Crippen LogP contribution >= 0.6 is 0 Å². The molecule has 0 fully saturated rings. The maximum Gasteiger partial charge on any atom is 0.419 e. The molecule has 5 heteroatoms. The minimum Gasteiger partial charge on any atom is -0.408 e. The van der Waals surface area contributed by atoms with Crippen LogP contribution in [-0.2, 0) is 6.54 Å².